The minimum absolute atomic E-state index is 0.515. The number of pyridine rings is 1. The topological polar surface area (TPSA) is 62.7 Å². The molecule has 0 saturated heterocycles. The maximum Gasteiger partial charge on any atom is 0.231 e. The number of benzene rings is 2. The molecule has 128 valence electrons. The smallest absolute Gasteiger partial charge is 0.231 e. The molecule has 2 heterocycles. The monoisotopic (exact) mass is 341 g/mol. The number of nitrogens with zero attached hydrogens (tertiary/aromatic N) is 3. The minimum atomic E-state index is 0.515. The lowest BCUT2D eigenvalue weighted by atomic mass is 10.2. The molecule has 0 fully saturated rings. The van der Waals surface area contributed by atoms with Crippen LogP contribution in [0.3, 0.4) is 0 Å². The number of fused-ring (bicyclic) bond motifs is 1. The van der Waals surface area contributed by atoms with Crippen LogP contribution in [0.2, 0.25) is 0 Å². The zero-order chi connectivity index (χ0) is 17.9. The molecule has 2 N–H and O–H groups in total. The highest BCUT2D eigenvalue weighted by Gasteiger charge is 2.10. The number of rotatable bonds is 4. The first-order valence-electron chi connectivity index (χ1n) is 8.49. The summed E-state index contributed by atoms with van der Waals surface area (Å²) < 4.78 is 0. The van der Waals surface area contributed by atoms with Gasteiger partial charge in [-0.15, -0.1) is 0 Å². The van der Waals surface area contributed by atoms with Crippen molar-refractivity contribution >= 4 is 34.2 Å². The number of aromatic nitrogens is 3. The van der Waals surface area contributed by atoms with Crippen LogP contribution in [0.25, 0.3) is 11.0 Å². The Hall–Kier alpha value is -3.47. The van der Waals surface area contributed by atoms with E-state index in [9.17, 15) is 0 Å². The van der Waals surface area contributed by atoms with E-state index in [0.717, 1.165) is 33.7 Å². The molecular formula is C21H19N5. The fourth-order valence-electron chi connectivity index (χ4n) is 2.79. The summed E-state index contributed by atoms with van der Waals surface area (Å²) >= 11 is 0. The van der Waals surface area contributed by atoms with Crippen LogP contribution in [0.5, 0.6) is 0 Å². The van der Waals surface area contributed by atoms with Crippen molar-refractivity contribution in [1.82, 2.24) is 15.0 Å². The number of nitrogens with one attached hydrogen (secondary N) is 2. The van der Waals surface area contributed by atoms with E-state index in [1.807, 2.05) is 61.5 Å². The zero-order valence-electron chi connectivity index (χ0n) is 14.7. The molecule has 0 radical (unpaired) electrons. The summed E-state index contributed by atoms with van der Waals surface area (Å²) in [5.41, 5.74) is 4.92. The molecule has 5 nitrogen and oxygen atoms in total. The van der Waals surface area contributed by atoms with Crippen LogP contribution in [0.1, 0.15) is 11.1 Å². The first kappa shape index (κ1) is 16.0. The summed E-state index contributed by atoms with van der Waals surface area (Å²) in [5, 5.41) is 7.61. The first-order valence-corrected chi connectivity index (χ1v) is 8.49. The van der Waals surface area contributed by atoms with Gasteiger partial charge in [0.2, 0.25) is 5.95 Å². The average Bonchev–Trinajstić information content (AvgIpc) is 2.65. The molecular weight excluding hydrogens is 322 g/mol. The van der Waals surface area contributed by atoms with E-state index in [2.05, 4.69) is 33.6 Å². The van der Waals surface area contributed by atoms with Gasteiger partial charge in [0, 0.05) is 17.6 Å². The Kier molecular flexibility index (Phi) is 4.19. The maximum absolute atomic E-state index is 4.70. The molecule has 0 aliphatic rings. The Balaban J connectivity index is 1.78. The lowest BCUT2D eigenvalue weighted by molar-refractivity contribution is 1.17. The fraction of sp³-hybridized carbons (Fsp3) is 0.0952. The van der Waals surface area contributed by atoms with Crippen molar-refractivity contribution < 1.29 is 0 Å². The summed E-state index contributed by atoms with van der Waals surface area (Å²) in [6, 6.07) is 20.0. The molecule has 2 aromatic carbocycles. The molecule has 0 bridgehead atoms. The maximum atomic E-state index is 4.70. The summed E-state index contributed by atoms with van der Waals surface area (Å²) in [5.74, 6) is 1.25. The molecule has 0 aliphatic heterocycles. The van der Waals surface area contributed by atoms with Crippen LogP contribution in [0.15, 0.2) is 66.9 Å². The Morgan fingerprint density at radius 3 is 2.04 bits per heavy atom. The van der Waals surface area contributed by atoms with Gasteiger partial charge in [-0.3, -0.25) is 0 Å². The molecule has 0 aliphatic carbocycles. The van der Waals surface area contributed by atoms with Crippen molar-refractivity contribution in [3.05, 3.63) is 78.0 Å². The van der Waals surface area contributed by atoms with Crippen molar-refractivity contribution in [3.63, 3.8) is 0 Å². The molecule has 0 atom stereocenters. The van der Waals surface area contributed by atoms with Crippen molar-refractivity contribution in [2.75, 3.05) is 10.6 Å². The zero-order valence-corrected chi connectivity index (χ0v) is 14.7. The van der Waals surface area contributed by atoms with Crippen LogP contribution in [-0.4, -0.2) is 15.0 Å². The van der Waals surface area contributed by atoms with E-state index in [4.69, 9.17) is 4.98 Å². The standard InChI is InChI=1S/C21H19N5/c1-14-8-3-5-11-17(14)23-20-16-10-7-13-22-19(16)25-21(26-20)24-18-12-6-4-9-15(18)2/h3-13H,1-2H3,(H2,22,23,24,25,26). The van der Waals surface area contributed by atoms with Gasteiger partial charge in [-0.05, 0) is 49.2 Å². The van der Waals surface area contributed by atoms with Crippen LogP contribution in [-0.2, 0) is 0 Å². The Morgan fingerprint density at radius 1 is 0.692 bits per heavy atom. The second-order valence-electron chi connectivity index (χ2n) is 6.15. The van der Waals surface area contributed by atoms with Crippen LogP contribution in [0, 0.1) is 13.8 Å². The normalized spacial score (nSPS) is 10.7. The third kappa shape index (κ3) is 3.19. The highest BCUT2D eigenvalue weighted by molar-refractivity contribution is 5.89. The summed E-state index contributed by atoms with van der Waals surface area (Å²) in [4.78, 5) is 13.7. The predicted molar refractivity (Wildman–Crippen MR) is 106 cm³/mol. The Morgan fingerprint density at radius 2 is 1.35 bits per heavy atom. The molecule has 26 heavy (non-hydrogen) atoms. The average molecular weight is 341 g/mol. The van der Waals surface area contributed by atoms with Gasteiger partial charge in [0.1, 0.15) is 5.82 Å². The highest BCUT2D eigenvalue weighted by Crippen LogP contribution is 2.27. The lowest BCUT2D eigenvalue weighted by Gasteiger charge is -2.13. The van der Waals surface area contributed by atoms with E-state index < -0.39 is 0 Å². The van der Waals surface area contributed by atoms with E-state index in [1.54, 1.807) is 6.20 Å². The Bertz CT molecular complexity index is 1070. The summed E-state index contributed by atoms with van der Waals surface area (Å²) in [6.45, 7) is 4.12. The molecule has 2 aromatic heterocycles. The largest absolute Gasteiger partial charge is 0.339 e. The quantitative estimate of drug-likeness (QED) is 0.539. The van der Waals surface area contributed by atoms with Crippen molar-refractivity contribution in [2.45, 2.75) is 13.8 Å². The molecule has 0 saturated carbocycles. The third-order valence-corrected chi connectivity index (χ3v) is 4.26. The van der Waals surface area contributed by atoms with Gasteiger partial charge in [0.15, 0.2) is 5.65 Å². The van der Waals surface area contributed by atoms with Gasteiger partial charge in [-0.2, -0.15) is 9.97 Å². The highest BCUT2D eigenvalue weighted by atomic mass is 15.2. The van der Waals surface area contributed by atoms with Crippen molar-refractivity contribution in [3.8, 4) is 0 Å². The van der Waals surface area contributed by atoms with Crippen LogP contribution in [0.4, 0.5) is 23.1 Å². The molecule has 4 rings (SSSR count). The summed E-state index contributed by atoms with van der Waals surface area (Å²) in [7, 11) is 0. The van der Waals surface area contributed by atoms with Gasteiger partial charge < -0.3 is 10.6 Å². The van der Waals surface area contributed by atoms with E-state index >= 15 is 0 Å². The van der Waals surface area contributed by atoms with Gasteiger partial charge in [0.25, 0.3) is 0 Å². The number of aryl methyl sites for hydroxylation is 2. The van der Waals surface area contributed by atoms with E-state index in [1.165, 1.54) is 0 Å². The van der Waals surface area contributed by atoms with Crippen LogP contribution >= 0.6 is 0 Å². The minimum Gasteiger partial charge on any atom is -0.339 e. The first-order chi connectivity index (χ1) is 12.7. The van der Waals surface area contributed by atoms with Crippen molar-refractivity contribution in [2.24, 2.45) is 0 Å². The lowest BCUT2D eigenvalue weighted by Crippen LogP contribution is -2.04. The van der Waals surface area contributed by atoms with Gasteiger partial charge in [-0.25, -0.2) is 4.98 Å². The van der Waals surface area contributed by atoms with Crippen molar-refractivity contribution in [1.29, 1.82) is 0 Å². The molecule has 0 spiro atoms. The number of anilines is 4. The molecule has 0 amide bonds. The van der Waals surface area contributed by atoms with Gasteiger partial charge in [-0.1, -0.05) is 36.4 Å². The second kappa shape index (κ2) is 6.80. The predicted octanol–water partition coefficient (Wildman–Crippen LogP) is 5.13. The van der Waals surface area contributed by atoms with Crippen LogP contribution < -0.4 is 10.6 Å². The Labute approximate surface area is 152 Å². The summed E-state index contributed by atoms with van der Waals surface area (Å²) in [6.07, 6.45) is 1.74. The van der Waals surface area contributed by atoms with E-state index in [-0.39, 0.29) is 0 Å². The third-order valence-electron chi connectivity index (χ3n) is 4.26. The second-order valence-corrected chi connectivity index (χ2v) is 6.15. The number of hydrogen-bond donors (Lipinski definition) is 2. The van der Waals surface area contributed by atoms with Gasteiger partial charge >= 0.3 is 0 Å². The van der Waals surface area contributed by atoms with Gasteiger partial charge in [0.05, 0.1) is 5.39 Å². The van der Waals surface area contributed by atoms with E-state index in [0.29, 0.717) is 11.6 Å². The number of para-hydroxylation sites is 2. The SMILES string of the molecule is Cc1ccccc1Nc1nc(Nc2ccccc2C)c2cccnc2n1. The molecule has 4 aromatic rings. The molecule has 0 unspecified atom stereocenters. The molecule has 5 heteroatoms. The fourth-order valence-corrected chi connectivity index (χ4v) is 2.79. The number of hydrogen-bond acceptors (Lipinski definition) is 5.